The molecule has 5 heteroatoms. The lowest BCUT2D eigenvalue weighted by atomic mass is 9.49. The Labute approximate surface area is 213 Å². The Morgan fingerprint density at radius 3 is 1.47 bits per heavy atom. The Hall–Kier alpha value is -3.21. The van der Waals surface area contributed by atoms with Gasteiger partial charge >= 0.3 is 0 Å². The van der Waals surface area contributed by atoms with Crippen molar-refractivity contribution in [1.82, 2.24) is 24.9 Å². The summed E-state index contributed by atoms with van der Waals surface area (Å²) < 4.78 is 0. The van der Waals surface area contributed by atoms with Crippen molar-refractivity contribution in [3.8, 4) is 22.8 Å². The summed E-state index contributed by atoms with van der Waals surface area (Å²) in [4.78, 5) is 24.3. The zero-order chi connectivity index (χ0) is 24.7. The van der Waals surface area contributed by atoms with Crippen molar-refractivity contribution in [1.29, 1.82) is 0 Å². The van der Waals surface area contributed by atoms with Crippen molar-refractivity contribution in [3.63, 3.8) is 0 Å². The molecule has 0 N–H and O–H groups in total. The highest BCUT2D eigenvalue weighted by Gasteiger charge is 2.53. The predicted octanol–water partition coefficient (Wildman–Crippen LogP) is 6.89. The molecule has 182 valence electrons. The fourth-order valence-corrected chi connectivity index (χ4v) is 7.21. The molecule has 0 aliphatic heterocycles. The maximum atomic E-state index is 4.98. The maximum absolute atomic E-state index is 4.98. The van der Waals surface area contributed by atoms with Crippen LogP contribution in [0.2, 0.25) is 0 Å². The standard InChI is InChI=1S/C31H33N5/c1-30(2)18-8-10-20(22(30)16-18)28-32-14-12-26(35-28)24-6-5-7-25(34-24)27-13-15-33-29(36-27)21-11-9-19-17-23(21)31(19,3)4/h5-7,10-15,18-19,22-23H,8-9,16-17H2,1-4H3/t18-,19-,22-,23-/m0/s1. The van der Waals surface area contributed by atoms with Crippen LogP contribution in [0.3, 0.4) is 0 Å². The molecule has 0 aromatic carbocycles. The van der Waals surface area contributed by atoms with Crippen molar-refractivity contribution in [2.45, 2.75) is 53.4 Å². The Morgan fingerprint density at radius 1 is 0.611 bits per heavy atom. The second-order valence-corrected chi connectivity index (χ2v) is 12.3. The van der Waals surface area contributed by atoms with Gasteiger partial charge in [-0.25, -0.2) is 24.9 Å². The number of fused-ring (bicyclic) bond motifs is 2. The highest BCUT2D eigenvalue weighted by atomic mass is 14.9. The monoisotopic (exact) mass is 475 g/mol. The first-order chi connectivity index (χ1) is 17.3. The van der Waals surface area contributed by atoms with E-state index in [1.54, 1.807) is 0 Å². The molecule has 6 aliphatic carbocycles. The van der Waals surface area contributed by atoms with Gasteiger partial charge in [-0.2, -0.15) is 0 Å². The average molecular weight is 476 g/mol. The van der Waals surface area contributed by atoms with E-state index in [1.807, 2.05) is 42.7 Å². The zero-order valence-corrected chi connectivity index (χ0v) is 21.6. The zero-order valence-electron chi connectivity index (χ0n) is 21.6. The van der Waals surface area contributed by atoms with E-state index in [0.29, 0.717) is 22.7 Å². The summed E-state index contributed by atoms with van der Waals surface area (Å²) in [6.45, 7) is 9.54. The predicted molar refractivity (Wildman–Crippen MR) is 142 cm³/mol. The molecule has 0 saturated heterocycles. The van der Waals surface area contributed by atoms with Crippen LogP contribution in [0.25, 0.3) is 33.9 Å². The first-order valence-electron chi connectivity index (χ1n) is 13.4. The van der Waals surface area contributed by atoms with Crippen LogP contribution < -0.4 is 0 Å². The summed E-state index contributed by atoms with van der Waals surface area (Å²) in [5.41, 5.74) is 6.70. The number of hydrogen-bond acceptors (Lipinski definition) is 5. The van der Waals surface area contributed by atoms with Crippen molar-refractivity contribution in [2.24, 2.45) is 34.5 Å². The summed E-state index contributed by atoms with van der Waals surface area (Å²) in [6.07, 6.45) is 13.2. The van der Waals surface area contributed by atoms with Crippen molar-refractivity contribution in [3.05, 3.63) is 66.5 Å². The van der Waals surface area contributed by atoms with Crippen LogP contribution in [0.1, 0.15) is 65.0 Å². The van der Waals surface area contributed by atoms with Crippen LogP contribution in [0.5, 0.6) is 0 Å². The number of allylic oxidation sites excluding steroid dienone is 4. The molecule has 3 aromatic heterocycles. The molecule has 2 saturated carbocycles. The molecule has 3 aromatic rings. The quantitative estimate of drug-likeness (QED) is 0.411. The molecule has 36 heavy (non-hydrogen) atoms. The van der Waals surface area contributed by atoms with E-state index in [4.69, 9.17) is 15.0 Å². The molecular weight excluding hydrogens is 442 g/mol. The van der Waals surface area contributed by atoms with Crippen LogP contribution >= 0.6 is 0 Å². The fourth-order valence-electron chi connectivity index (χ4n) is 7.21. The number of hydrogen-bond donors (Lipinski definition) is 0. The third-order valence-electron chi connectivity index (χ3n) is 10.0. The van der Waals surface area contributed by atoms with Crippen LogP contribution in [0, 0.1) is 34.5 Å². The van der Waals surface area contributed by atoms with Crippen molar-refractivity contribution < 1.29 is 0 Å². The van der Waals surface area contributed by atoms with Gasteiger partial charge in [0, 0.05) is 12.4 Å². The van der Waals surface area contributed by atoms with Gasteiger partial charge in [0.05, 0.1) is 22.8 Å². The van der Waals surface area contributed by atoms with Crippen molar-refractivity contribution >= 4 is 11.1 Å². The minimum atomic E-state index is 0.343. The minimum Gasteiger partial charge on any atom is -0.245 e. The van der Waals surface area contributed by atoms with Gasteiger partial charge in [0.25, 0.3) is 0 Å². The SMILES string of the molecule is CC1(C)[C@H]2CC=C(c3nccc(-c4cccc(-c5ccnc(C6=CC[C@H]7C[C@@H]6C7(C)C)n5)n4)n3)[C@@H]1C2. The van der Waals surface area contributed by atoms with Gasteiger partial charge in [-0.05, 0) is 95.6 Å². The van der Waals surface area contributed by atoms with Gasteiger partial charge < -0.3 is 0 Å². The Kier molecular flexibility index (Phi) is 4.68. The van der Waals surface area contributed by atoms with Gasteiger partial charge in [-0.15, -0.1) is 0 Å². The summed E-state index contributed by atoms with van der Waals surface area (Å²) in [5.74, 6) is 4.40. The lowest BCUT2D eigenvalue weighted by molar-refractivity contribution is 0.0108. The minimum absolute atomic E-state index is 0.343. The normalized spacial score (nSPS) is 28.9. The molecule has 6 aliphatic rings. The second-order valence-electron chi connectivity index (χ2n) is 12.3. The first-order valence-corrected chi connectivity index (χ1v) is 13.4. The van der Waals surface area contributed by atoms with Gasteiger partial charge in [0.2, 0.25) is 0 Å². The van der Waals surface area contributed by atoms with Gasteiger partial charge in [-0.3, -0.25) is 0 Å². The third kappa shape index (κ3) is 3.17. The van der Waals surface area contributed by atoms with Crippen LogP contribution in [-0.2, 0) is 0 Å². The Balaban J connectivity index is 1.20. The first kappa shape index (κ1) is 22.0. The van der Waals surface area contributed by atoms with E-state index < -0.39 is 0 Å². The van der Waals surface area contributed by atoms with E-state index in [-0.39, 0.29) is 0 Å². The topological polar surface area (TPSA) is 64.5 Å². The van der Waals surface area contributed by atoms with E-state index >= 15 is 0 Å². The largest absolute Gasteiger partial charge is 0.245 e. The molecular formula is C31H33N5. The molecule has 4 bridgehead atoms. The second kappa shape index (κ2) is 7.64. The molecule has 2 fully saturated rings. The van der Waals surface area contributed by atoms with E-state index in [0.717, 1.165) is 59.1 Å². The molecule has 3 heterocycles. The van der Waals surface area contributed by atoms with Crippen LogP contribution in [-0.4, -0.2) is 24.9 Å². The molecule has 0 radical (unpaired) electrons. The van der Waals surface area contributed by atoms with Crippen LogP contribution in [0.4, 0.5) is 0 Å². The average Bonchev–Trinajstić information content (AvgIpc) is 2.93. The lowest BCUT2D eigenvalue weighted by Gasteiger charge is -2.56. The number of aromatic nitrogens is 5. The molecule has 0 spiro atoms. The number of pyridine rings is 1. The smallest absolute Gasteiger partial charge is 0.155 e. The number of nitrogens with zero attached hydrogens (tertiary/aromatic N) is 5. The maximum Gasteiger partial charge on any atom is 0.155 e. The molecule has 9 rings (SSSR count). The summed E-state index contributed by atoms with van der Waals surface area (Å²) >= 11 is 0. The third-order valence-corrected chi connectivity index (χ3v) is 10.0. The van der Waals surface area contributed by atoms with Crippen LogP contribution in [0.15, 0.2) is 54.9 Å². The fraction of sp³-hybridized carbons (Fsp3) is 0.452. The highest BCUT2D eigenvalue weighted by Crippen LogP contribution is 2.62. The van der Waals surface area contributed by atoms with E-state index in [2.05, 4.69) is 49.8 Å². The molecule has 0 unspecified atom stereocenters. The van der Waals surface area contributed by atoms with Gasteiger partial charge in [0.15, 0.2) is 11.6 Å². The summed E-state index contributed by atoms with van der Waals surface area (Å²) in [5, 5.41) is 0. The van der Waals surface area contributed by atoms with E-state index in [9.17, 15) is 0 Å². The summed E-state index contributed by atoms with van der Waals surface area (Å²) in [7, 11) is 0. The van der Waals surface area contributed by atoms with Gasteiger partial charge in [-0.1, -0.05) is 45.9 Å². The Bertz CT molecular complexity index is 1330. The van der Waals surface area contributed by atoms with E-state index in [1.165, 1.54) is 24.0 Å². The molecule has 4 atom stereocenters. The molecule has 0 amide bonds. The highest BCUT2D eigenvalue weighted by molar-refractivity contribution is 5.70. The molecule has 5 nitrogen and oxygen atoms in total. The lowest BCUT2D eigenvalue weighted by Crippen LogP contribution is -2.47. The Morgan fingerprint density at radius 2 is 1.06 bits per heavy atom. The summed E-state index contributed by atoms with van der Waals surface area (Å²) in [6, 6.07) is 10.0. The number of rotatable bonds is 4. The van der Waals surface area contributed by atoms with Gasteiger partial charge in [0.1, 0.15) is 0 Å². The van der Waals surface area contributed by atoms with Crippen molar-refractivity contribution in [2.75, 3.05) is 0 Å².